The van der Waals surface area contributed by atoms with Crippen LogP contribution in [-0.2, 0) is 17.8 Å². The molecule has 1 unspecified atom stereocenters. The highest BCUT2D eigenvalue weighted by molar-refractivity contribution is 5.85. The Morgan fingerprint density at radius 1 is 1.73 bits per heavy atom. The van der Waals surface area contributed by atoms with E-state index < -0.39 is 5.97 Å². The summed E-state index contributed by atoms with van der Waals surface area (Å²) in [6, 6.07) is -0.0196. The van der Waals surface area contributed by atoms with Crippen molar-refractivity contribution in [3.05, 3.63) is 17.5 Å². The van der Waals surface area contributed by atoms with Crippen molar-refractivity contribution < 1.29 is 9.90 Å². The lowest BCUT2D eigenvalue weighted by Gasteiger charge is -2.15. The number of hydrogen-bond acceptors (Lipinski definition) is 3. The summed E-state index contributed by atoms with van der Waals surface area (Å²) in [5.41, 5.74) is 7.84. The maximum absolute atomic E-state index is 10.5. The van der Waals surface area contributed by atoms with Crippen LogP contribution in [0.2, 0.25) is 0 Å². The molecule has 0 bridgehead atoms. The van der Waals surface area contributed by atoms with Crippen molar-refractivity contribution in [2.45, 2.75) is 31.8 Å². The molecule has 0 aromatic carbocycles. The number of halogens is 1. The quantitative estimate of drug-likeness (QED) is 0.786. The highest BCUT2D eigenvalue weighted by atomic mass is 35.5. The number of nitrogens with two attached hydrogens (primary N) is 1. The number of carbonyl (C=O) groups is 1. The van der Waals surface area contributed by atoms with E-state index in [1.807, 2.05) is 0 Å². The van der Waals surface area contributed by atoms with Gasteiger partial charge in [0.1, 0.15) is 6.54 Å². The molecule has 0 spiro atoms. The van der Waals surface area contributed by atoms with Crippen LogP contribution < -0.4 is 5.73 Å². The molecule has 1 heterocycles. The maximum Gasteiger partial charge on any atom is 0.325 e. The Labute approximate surface area is 93.7 Å². The molecule has 6 heteroatoms. The molecule has 0 saturated heterocycles. The molecular formula is C9H14ClN3O2. The van der Waals surface area contributed by atoms with Crippen LogP contribution in [0, 0.1) is 0 Å². The molecular weight excluding hydrogens is 218 g/mol. The second kappa shape index (κ2) is 4.63. The molecule has 1 atom stereocenters. The molecule has 5 nitrogen and oxygen atoms in total. The van der Waals surface area contributed by atoms with Crippen molar-refractivity contribution in [2.24, 2.45) is 5.73 Å². The van der Waals surface area contributed by atoms with E-state index in [1.54, 1.807) is 6.20 Å². The molecule has 2 rings (SSSR count). The van der Waals surface area contributed by atoms with Crippen LogP contribution in [-0.4, -0.2) is 20.9 Å². The third kappa shape index (κ3) is 2.49. The van der Waals surface area contributed by atoms with Crippen molar-refractivity contribution in [3.8, 4) is 0 Å². The summed E-state index contributed by atoms with van der Waals surface area (Å²) in [4.78, 5) is 10.5. The SMILES string of the molecule is Cl.NC1CCCc2cn(CC(=O)O)nc21. The van der Waals surface area contributed by atoms with Gasteiger partial charge in [-0.15, -0.1) is 12.4 Å². The number of carboxylic acids is 1. The number of aromatic nitrogens is 2. The molecule has 3 N–H and O–H groups in total. The molecule has 1 aliphatic carbocycles. The molecule has 84 valence electrons. The summed E-state index contributed by atoms with van der Waals surface area (Å²) >= 11 is 0. The lowest BCUT2D eigenvalue weighted by molar-refractivity contribution is -0.137. The van der Waals surface area contributed by atoms with Gasteiger partial charge >= 0.3 is 5.97 Å². The van der Waals surface area contributed by atoms with Crippen LogP contribution in [0.1, 0.15) is 30.1 Å². The largest absolute Gasteiger partial charge is 0.480 e. The van der Waals surface area contributed by atoms with Crippen LogP contribution in [0.3, 0.4) is 0 Å². The monoisotopic (exact) mass is 231 g/mol. The van der Waals surface area contributed by atoms with Gasteiger partial charge in [-0.25, -0.2) is 0 Å². The van der Waals surface area contributed by atoms with Crippen LogP contribution >= 0.6 is 12.4 Å². The van der Waals surface area contributed by atoms with Gasteiger partial charge in [-0.1, -0.05) is 0 Å². The van der Waals surface area contributed by atoms with Gasteiger partial charge in [0.15, 0.2) is 0 Å². The Morgan fingerprint density at radius 2 is 2.47 bits per heavy atom. The van der Waals surface area contributed by atoms with Crippen molar-refractivity contribution >= 4 is 18.4 Å². The Hall–Kier alpha value is -1.07. The minimum absolute atomic E-state index is 0. The van der Waals surface area contributed by atoms with Gasteiger partial charge in [0.05, 0.1) is 5.69 Å². The second-order valence-electron chi connectivity index (χ2n) is 3.63. The van der Waals surface area contributed by atoms with Crippen molar-refractivity contribution in [1.29, 1.82) is 0 Å². The first-order valence-electron chi connectivity index (χ1n) is 4.70. The first-order valence-corrected chi connectivity index (χ1v) is 4.70. The van der Waals surface area contributed by atoms with E-state index in [9.17, 15) is 4.79 Å². The number of aliphatic carboxylic acids is 1. The van der Waals surface area contributed by atoms with Gasteiger partial charge in [0.2, 0.25) is 0 Å². The van der Waals surface area contributed by atoms with Gasteiger partial charge in [-0.2, -0.15) is 5.10 Å². The zero-order valence-electron chi connectivity index (χ0n) is 8.22. The molecule has 0 radical (unpaired) electrons. The second-order valence-corrected chi connectivity index (χ2v) is 3.63. The number of rotatable bonds is 2. The smallest absolute Gasteiger partial charge is 0.325 e. The summed E-state index contributed by atoms with van der Waals surface area (Å²) in [5, 5.41) is 12.8. The number of aryl methyl sites for hydroxylation is 1. The van der Waals surface area contributed by atoms with E-state index in [0.29, 0.717) is 0 Å². The number of fused-ring (bicyclic) bond motifs is 1. The van der Waals surface area contributed by atoms with Crippen molar-refractivity contribution in [2.75, 3.05) is 0 Å². The fraction of sp³-hybridized carbons (Fsp3) is 0.556. The van der Waals surface area contributed by atoms with E-state index in [4.69, 9.17) is 10.8 Å². The van der Waals surface area contributed by atoms with E-state index in [1.165, 1.54) is 4.68 Å². The Bertz CT molecular complexity index is 364. The highest BCUT2D eigenvalue weighted by Gasteiger charge is 2.20. The zero-order chi connectivity index (χ0) is 10.1. The van der Waals surface area contributed by atoms with E-state index in [2.05, 4.69) is 5.10 Å². The summed E-state index contributed by atoms with van der Waals surface area (Å²) in [6.07, 6.45) is 4.76. The lowest BCUT2D eigenvalue weighted by atomic mass is 9.95. The number of hydrogen-bond donors (Lipinski definition) is 2. The normalized spacial score (nSPS) is 19.1. The molecule has 0 saturated carbocycles. The number of nitrogens with zero attached hydrogens (tertiary/aromatic N) is 2. The van der Waals surface area contributed by atoms with Crippen molar-refractivity contribution in [1.82, 2.24) is 9.78 Å². The predicted octanol–water partition coefficient (Wildman–Crippen LogP) is 0.726. The van der Waals surface area contributed by atoms with Gasteiger partial charge in [0.25, 0.3) is 0 Å². The zero-order valence-corrected chi connectivity index (χ0v) is 9.04. The van der Waals surface area contributed by atoms with Crippen LogP contribution in [0.15, 0.2) is 6.20 Å². The van der Waals surface area contributed by atoms with Gasteiger partial charge < -0.3 is 10.8 Å². The molecule has 0 fully saturated rings. The molecule has 1 aromatic heterocycles. The summed E-state index contributed by atoms with van der Waals surface area (Å²) in [6.45, 7) is -0.0836. The first kappa shape index (κ1) is 12.0. The molecule has 1 aliphatic rings. The van der Waals surface area contributed by atoms with Crippen LogP contribution in [0.5, 0.6) is 0 Å². The molecule has 15 heavy (non-hydrogen) atoms. The van der Waals surface area contributed by atoms with E-state index >= 15 is 0 Å². The Kier molecular flexibility index (Phi) is 3.71. The van der Waals surface area contributed by atoms with Gasteiger partial charge in [-0.05, 0) is 24.8 Å². The summed E-state index contributed by atoms with van der Waals surface area (Å²) < 4.78 is 1.46. The summed E-state index contributed by atoms with van der Waals surface area (Å²) in [7, 11) is 0. The highest BCUT2D eigenvalue weighted by Crippen LogP contribution is 2.26. The average Bonchev–Trinajstić information content (AvgIpc) is 2.47. The van der Waals surface area contributed by atoms with E-state index in [-0.39, 0.29) is 25.0 Å². The van der Waals surface area contributed by atoms with Crippen molar-refractivity contribution in [3.63, 3.8) is 0 Å². The minimum atomic E-state index is -0.876. The van der Waals surface area contributed by atoms with E-state index in [0.717, 1.165) is 30.5 Å². The molecule has 1 aromatic rings. The van der Waals surface area contributed by atoms with Gasteiger partial charge in [-0.3, -0.25) is 9.48 Å². The average molecular weight is 232 g/mol. The number of carboxylic acid groups (broad SMARTS) is 1. The Balaban J connectivity index is 0.00000112. The molecule has 0 amide bonds. The summed E-state index contributed by atoms with van der Waals surface area (Å²) in [5.74, 6) is -0.876. The third-order valence-electron chi connectivity index (χ3n) is 2.48. The maximum atomic E-state index is 10.5. The molecule has 0 aliphatic heterocycles. The third-order valence-corrected chi connectivity index (χ3v) is 2.48. The standard InChI is InChI=1S/C9H13N3O2.ClH/c10-7-3-1-2-6-4-12(5-8(13)14)11-9(6)7;/h4,7H,1-3,5,10H2,(H,13,14);1H. The topological polar surface area (TPSA) is 81.1 Å². The fourth-order valence-corrected chi connectivity index (χ4v) is 1.85. The fourth-order valence-electron chi connectivity index (χ4n) is 1.85. The van der Waals surface area contributed by atoms with Crippen LogP contribution in [0.4, 0.5) is 0 Å². The Morgan fingerprint density at radius 3 is 3.07 bits per heavy atom. The van der Waals surface area contributed by atoms with Gasteiger partial charge in [0, 0.05) is 12.2 Å². The van der Waals surface area contributed by atoms with Crippen LogP contribution in [0.25, 0.3) is 0 Å². The predicted molar refractivity (Wildman–Crippen MR) is 57.0 cm³/mol. The minimum Gasteiger partial charge on any atom is -0.480 e. The first-order chi connectivity index (χ1) is 6.66. The lowest BCUT2D eigenvalue weighted by Crippen LogP contribution is -2.17.